The van der Waals surface area contributed by atoms with Gasteiger partial charge in [-0.15, -0.1) is 0 Å². The van der Waals surface area contributed by atoms with Crippen LogP contribution in [0.5, 0.6) is 11.5 Å². The molecule has 2 N–H and O–H groups in total. The van der Waals surface area contributed by atoms with E-state index in [4.69, 9.17) is 0 Å². The summed E-state index contributed by atoms with van der Waals surface area (Å²) in [6, 6.07) is 1.36. The Labute approximate surface area is 87.2 Å². The van der Waals surface area contributed by atoms with Crippen molar-refractivity contribution in [3.05, 3.63) is 22.8 Å². The first-order valence-corrected chi connectivity index (χ1v) is 4.43. The van der Waals surface area contributed by atoms with Gasteiger partial charge in [0.15, 0.2) is 11.6 Å². The van der Waals surface area contributed by atoms with E-state index >= 15 is 0 Å². The van der Waals surface area contributed by atoms with Gasteiger partial charge in [0.1, 0.15) is 17.1 Å². The minimum atomic E-state index is -0.476. The number of rotatable bonds is 2. The summed E-state index contributed by atoms with van der Waals surface area (Å²) in [4.78, 5) is 22.3. The quantitative estimate of drug-likeness (QED) is 0.727. The second-order valence-corrected chi connectivity index (χ2v) is 3.43. The van der Waals surface area contributed by atoms with Gasteiger partial charge in [-0.25, -0.2) is 0 Å². The fourth-order valence-electron chi connectivity index (χ4n) is 1.40. The van der Waals surface area contributed by atoms with Crippen molar-refractivity contribution < 1.29 is 19.8 Å². The number of carbonyl (C=O) groups is 2. The fourth-order valence-corrected chi connectivity index (χ4v) is 1.40. The average molecular weight is 208 g/mol. The number of phenolic OH excluding ortho intramolecular Hbond substituents is 2. The highest BCUT2D eigenvalue weighted by Gasteiger charge is 2.20. The van der Waals surface area contributed by atoms with E-state index in [1.54, 1.807) is 6.92 Å². The highest BCUT2D eigenvalue weighted by atomic mass is 16.3. The van der Waals surface area contributed by atoms with Crippen LogP contribution in [0, 0.1) is 6.92 Å². The van der Waals surface area contributed by atoms with Gasteiger partial charge in [0, 0.05) is 0 Å². The maximum atomic E-state index is 11.2. The lowest BCUT2D eigenvalue weighted by atomic mass is 9.98. The second kappa shape index (κ2) is 3.73. The van der Waals surface area contributed by atoms with Crippen molar-refractivity contribution in [2.75, 3.05) is 0 Å². The summed E-state index contributed by atoms with van der Waals surface area (Å²) in [7, 11) is 0. The molecule has 0 aliphatic heterocycles. The van der Waals surface area contributed by atoms with Crippen LogP contribution in [0.4, 0.5) is 0 Å². The van der Waals surface area contributed by atoms with Gasteiger partial charge in [0.2, 0.25) is 0 Å². The number of benzene rings is 1. The molecule has 80 valence electrons. The van der Waals surface area contributed by atoms with Crippen LogP contribution in [0.3, 0.4) is 0 Å². The molecular weight excluding hydrogens is 196 g/mol. The maximum absolute atomic E-state index is 11.2. The fraction of sp³-hybridized carbons (Fsp3) is 0.273. The lowest BCUT2D eigenvalue weighted by molar-refractivity contribution is 0.101. The molecule has 4 heteroatoms. The number of phenols is 2. The molecule has 0 spiro atoms. The molecule has 1 aromatic rings. The highest BCUT2D eigenvalue weighted by molar-refractivity contribution is 6.06. The molecule has 4 nitrogen and oxygen atoms in total. The molecule has 0 amide bonds. The van der Waals surface area contributed by atoms with Gasteiger partial charge < -0.3 is 10.2 Å². The zero-order valence-corrected chi connectivity index (χ0v) is 8.79. The van der Waals surface area contributed by atoms with Crippen LogP contribution in [-0.4, -0.2) is 21.8 Å². The van der Waals surface area contributed by atoms with Crippen LogP contribution in [0.15, 0.2) is 6.07 Å². The van der Waals surface area contributed by atoms with E-state index in [-0.39, 0.29) is 22.7 Å². The number of Topliss-reactive ketones (excluding diaryl/α,β-unsaturated/α-hetero) is 2. The van der Waals surface area contributed by atoms with Gasteiger partial charge in [-0.3, -0.25) is 9.59 Å². The summed E-state index contributed by atoms with van der Waals surface area (Å²) in [5.74, 6) is -1.54. The van der Waals surface area contributed by atoms with Gasteiger partial charge in [-0.2, -0.15) is 0 Å². The monoisotopic (exact) mass is 208 g/mol. The van der Waals surface area contributed by atoms with Crippen molar-refractivity contribution in [1.82, 2.24) is 0 Å². The number of ketones is 2. The Balaban J connectivity index is 3.63. The Hall–Kier alpha value is -1.84. The Morgan fingerprint density at radius 1 is 1.07 bits per heavy atom. The lowest BCUT2D eigenvalue weighted by Gasteiger charge is -2.10. The summed E-state index contributed by atoms with van der Waals surface area (Å²) in [6.45, 7) is 4.07. The third-order valence-corrected chi connectivity index (χ3v) is 2.19. The van der Waals surface area contributed by atoms with Gasteiger partial charge >= 0.3 is 0 Å². The molecular formula is C11H12O4. The summed E-state index contributed by atoms with van der Waals surface area (Å²) in [5.41, 5.74) is 0.249. The van der Waals surface area contributed by atoms with Gasteiger partial charge in [-0.05, 0) is 32.4 Å². The Morgan fingerprint density at radius 2 is 1.60 bits per heavy atom. The zero-order chi connectivity index (χ0) is 11.7. The number of aryl methyl sites for hydroxylation is 1. The number of hydrogen-bond donors (Lipinski definition) is 2. The largest absolute Gasteiger partial charge is 0.507 e. The minimum Gasteiger partial charge on any atom is -0.507 e. The van der Waals surface area contributed by atoms with E-state index in [9.17, 15) is 19.8 Å². The van der Waals surface area contributed by atoms with Crippen LogP contribution in [0.25, 0.3) is 0 Å². The SMILES string of the molecule is CC(=O)c1cc(C)c(O)c(C(C)=O)c1O. The summed E-state index contributed by atoms with van der Waals surface area (Å²) < 4.78 is 0. The Morgan fingerprint density at radius 3 is 2.00 bits per heavy atom. The molecule has 1 rings (SSSR count). The number of hydrogen-bond acceptors (Lipinski definition) is 4. The van der Waals surface area contributed by atoms with E-state index in [1.165, 1.54) is 19.9 Å². The molecule has 0 radical (unpaired) electrons. The van der Waals surface area contributed by atoms with Crippen molar-refractivity contribution >= 4 is 11.6 Å². The maximum Gasteiger partial charge on any atom is 0.167 e. The van der Waals surface area contributed by atoms with E-state index < -0.39 is 11.5 Å². The first-order valence-electron chi connectivity index (χ1n) is 4.43. The molecule has 0 heterocycles. The van der Waals surface area contributed by atoms with Gasteiger partial charge in [0.05, 0.1) is 5.56 Å². The van der Waals surface area contributed by atoms with Crippen LogP contribution in [0.2, 0.25) is 0 Å². The van der Waals surface area contributed by atoms with Crippen molar-refractivity contribution in [1.29, 1.82) is 0 Å². The lowest BCUT2D eigenvalue weighted by Crippen LogP contribution is -2.02. The molecule has 0 atom stereocenters. The average Bonchev–Trinajstić information content (AvgIpc) is 2.10. The first-order chi connectivity index (χ1) is 6.86. The molecule has 0 saturated carbocycles. The van der Waals surface area contributed by atoms with Gasteiger partial charge in [0.25, 0.3) is 0 Å². The second-order valence-electron chi connectivity index (χ2n) is 3.43. The van der Waals surface area contributed by atoms with E-state index in [0.29, 0.717) is 5.56 Å². The first kappa shape index (κ1) is 11.2. The molecule has 1 aromatic carbocycles. The highest BCUT2D eigenvalue weighted by Crippen LogP contribution is 2.34. The standard InChI is InChI=1S/C11H12O4/c1-5-4-8(6(2)12)11(15)9(7(3)13)10(5)14/h4,14-15H,1-3H3. The van der Waals surface area contributed by atoms with Crippen LogP contribution in [-0.2, 0) is 0 Å². The molecule has 0 fully saturated rings. The summed E-state index contributed by atoms with van der Waals surface area (Å²) in [5, 5.41) is 19.2. The van der Waals surface area contributed by atoms with Crippen molar-refractivity contribution in [3.63, 3.8) is 0 Å². The van der Waals surface area contributed by atoms with Gasteiger partial charge in [-0.1, -0.05) is 0 Å². The van der Waals surface area contributed by atoms with Crippen molar-refractivity contribution in [2.24, 2.45) is 0 Å². The van der Waals surface area contributed by atoms with E-state index in [1.807, 2.05) is 0 Å². The summed E-state index contributed by atoms with van der Waals surface area (Å²) in [6.07, 6.45) is 0. The van der Waals surface area contributed by atoms with E-state index in [2.05, 4.69) is 0 Å². The van der Waals surface area contributed by atoms with Crippen LogP contribution in [0.1, 0.15) is 40.1 Å². The van der Waals surface area contributed by atoms with E-state index in [0.717, 1.165) is 0 Å². The Bertz CT molecular complexity index is 446. The molecule has 0 saturated heterocycles. The minimum absolute atomic E-state index is 0.0514. The Kier molecular flexibility index (Phi) is 2.79. The molecule has 0 aliphatic carbocycles. The normalized spacial score (nSPS) is 10.1. The molecule has 0 unspecified atom stereocenters. The third-order valence-electron chi connectivity index (χ3n) is 2.19. The van der Waals surface area contributed by atoms with Crippen molar-refractivity contribution in [3.8, 4) is 11.5 Å². The summed E-state index contributed by atoms with van der Waals surface area (Å²) >= 11 is 0. The molecule has 0 bridgehead atoms. The predicted molar refractivity (Wildman–Crippen MR) is 54.5 cm³/mol. The van der Waals surface area contributed by atoms with Crippen molar-refractivity contribution in [2.45, 2.75) is 20.8 Å². The third kappa shape index (κ3) is 1.83. The smallest absolute Gasteiger partial charge is 0.167 e. The molecule has 15 heavy (non-hydrogen) atoms. The number of carbonyl (C=O) groups excluding carboxylic acids is 2. The number of aromatic hydroxyl groups is 2. The molecule has 0 aliphatic rings. The molecule has 0 aromatic heterocycles. The zero-order valence-electron chi connectivity index (χ0n) is 8.79. The predicted octanol–water partition coefficient (Wildman–Crippen LogP) is 1.81. The topological polar surface area (TPSA) is 74.6 Å². The van der Waals surface area contributed by atoms with Crippen LogP contribution < -0.4 is 0 Å². The van der Waals surface area contributed by atoms with Crippen LogP contribution >= 0.6 is 0 Å².